The number of anilines is 1. The van der Waals surface area contributed by atoms with Crippen molar-refractivity contribution in [1.29, 1.82) is 0 Å². The largest absolute Gasteiger partial charge is 0.416 e. The van der Waals surface area contributed by atoms with Crippen LogP contribution in [0.2, 0.25) is 0 Å². The van der Waals surface area contributed by atoms with Crippen molar-refractivity contribution >= 4 is 44.3 Å². The Morgan fingerprint density at radius 2 is 1.86 bits per heavy atom. The maximum absolute atomic E-state index is 13.3. The predicted octanol–water partition coefficient (Wildman–Crippen LogP) is 4.61. The van der Waals surface area contributed by atoms with E-state index in [-0.39, 0.29) is 16.8 Å². The topological polar surface area (TPSA) is 130 Å². The van der Waals surface area contributed by atoms with Gasteiger partial charge >= 0.3 is 6.18 Å². The van der Waals surface area contributed by atoms with Gasteiger partial charge in [-0.15, -0.1) is 0 Å². The van der Waals surface area contributed by atoms with Crippen molar-refractivity contribution in [2.24, 2.45) is 10.7 Å². The van der Waals surface area contributed by atoms with Crippen molar-refractivity contribution in [1.82, 2.24) is 9.97 Å². The number of sulfonamides is 1. The van der Waals surface area contributed by atoms with E-state index in [0.29, 0.717) is 28.2 Å². The minimum absolute atomic E-state index is 0.00873. The van der Waals surface area contributed by atoms with Crippen molar-refractivity contribution in [2.75, 3.05) is 11.8 Å². The Hall–Kier alpha value is -4.45. The van der Waals surface area contributed by atoms with E-state index in [9.17, 15) is 26.4 Å². The number of rotatable bonds is 7. The average molecular weight is 528 g/mol. The number of fused-ring (bicyclic) bond motifs is 1. The summed E-state index contributed by atoms with van der Waals surface area (Å²) in [4.78, 5) is 24.0. The average Bonchev–Trinajstić information content (AvgIpc) is 3.29. The number of aromatic amines is 1. The molecule has 0 bridgehead atoms. The molecule has 0 radical (unpaired) electrons. The number of hydrogen-bond donors (Lipinski definition) is 3. The monoisotopic (exact) mass is 527 g/mol. The lowest BCUT2D eigenvalue weighted by molar-refractivity contribution is -0.137. The lowest BCUT2D eigenvalue weighted by Crippen LogP contribution is -2.15. The number of aromatic nitrogens is 2. The first kappa shape index (κ1) is 25.6. The molecule has 4 aromatic rings. The van der Waals surface area contributed by atoms with Gasteiger partial charge in [0, 0.05) is 65.2 Å². The van der Waals surface area contributed by atoms with Gasteiger partial charge in [0.2, 0.25) is 0 Å². The maximum Gasteiger partial charge on any atom is 0.416 e. The van der Waals surface area contributed by atoms with Gasteiger partial charge < -0.3 is 10.7 Å². The molecule has 0 spiro atoms. The Bertz CT molecular complexity index is 1660. The number of hydrogen-bond acceptors (Lipinski definition) is 6. The number of alkyl halides is 3. The van der Waals surface area contributed by atoms with Gasteiger partial charge in [-0.25, -0.2) is 13.4 Å². The fraction of sp³-hybridized carbons (Fsp3) is 0.0800. The number of ketones is 1. The minimum Gasteiger partial charge on any atom is -0.404 e. The Morgan fingerprint density at radius 1 is 1.11 bits per heavy atom. The molecular weight excluding hydrogens is 507 g/mol. The summed E-state index contributed by atoms with van der Waals surface area (Å²) in [7, 11) is -2.77. The molecule has 8 nitrogen and oxygen atoms in total. The maximum atomic E-state index is 13.3. The third kappa shape index (κ3) is 5.38. The number of nitrogens with one attached hydrogen (secondary N) is 2. The van der Waals surface area contributed by atoms with Gasteiger partial charge in [0.1, 0.15) is 5.65 Å². The van der Waals surface area contributed by atoms with E-state index < -0.39 is 32.4 Å². The Morgan fingerprint density at radius 3 is 2.57 bits per heavy atom. The highest BCUT2D eigenvalue weighted by Gasteiger charge is 2.31. The van der Waals surface area contributed by atoms with Gasteiger partial charge in [0.25, 0.3) is 10.0 Å². The second kappa shape index (κ2) is 9.90. The number of carbonyl (C=O) groups excluding carboxylic acids is 1. The van der Waals surface area contributed by atoms with Crippen LogP contribution in [0.5, 0.6) is 0 Å². The second-order valence-corrected chi connectivity index (χ2v) is 9.56. The fourth-order valence-corrected chi connectivity index (χ4v) is 4.73. The SMILES string of the molecule is CN=CC(=CN)c1cnc2[nH]cc(C(=O)c3cccc(NS(=O)(=O)c4cccc(C(F)(F)F)c4)c3)c2c1. The van der Waals surface area contributed by atoms with Crippen LogP contribution in [-0.2, 0) is 16.2 Å². The smallest absolute Gasteiger partial charge is 0.404 e. The number of benzene rings is 2. The highest BCUT2D eigenvalue weighted by molar-refractivity contribution is 7.92. The van der Waals surface area contributed by atoms with Crippen molar-refractivity contribution in [3.63, 3.8) is 0 Å². The molecule has 0 fully saturated rings. The van der Waals surface area contributed by atoms with E-state index in [2.05, 4.69) is 19.7 Å². The molecule has 2 aromatic carbocycles. The summed E-state index contributed by atoms with van der Waals surface area (Å²) in [6, 6.07) is 10.8. The first-order chi connectivity index (χ1) is 17.5. The molecule has 0 aliphatic heterocycles. The predicted molar refractivity (Wildman–Crippen MR) is 135 cm³/mol. The van der Waals surface area contributed by atoms with Gasteiger partial charge in [0.05, 0.1) is 10.5 Å². The summed E-state index contributed by atoms with van der Waals surface area (Å²) in [5.41, 5.74) is 6.72. The molecule has 12 heteroatoms. The quantitative estimate of drug-likeness (QED) is 0.239. The molecule has 37 heavy (non-hydrogen) atoms. The third-order valence-electron chi connectivity index (χ3n) is 5.41. The van der Waals surface area contributed by atoms with Crippen LogP contribution in [0.15, 0.2) is 83.1 Å². The van der Waals surface area contributed by atoms with E-state index in [4.69, 9.17) is 5.73 Å². The first-order valence-corrected chi connectivity index (χ1v) is 12.2. The second-order valence-electron chi connectivity index (χ2n) is 7.87. The van der Waals surface area contributed by atoms with E-state index >= 15 is 0 Å². The molecule has 0 unspecified atom stereocenters. The normalized spacial score (nSPS) is 12.8. The van der Waals surface area contributed by atoms with Crippen LogP contribution in [0.3, 0.4) is 0 Å². The number of carbonyl (C=O) groups is 1. The van der Waals surface area contributed by atoms with Gasteiger partial charge in [-0.05, 0) is 36.4 Å². The first-order valence-electron chi connectivity index (χ1n) is 10.7. The van der Waals surface area contributed by atoms with Crippen molar-refractivity contribution < 1.29 is 26.4 Å². The molecule has 190 valence electrons. The van der Waals surface area contributed by atoms with E-state index in [1.807, 2.05) is 0 Å². The zero-order valence-electron chi connectivity index (χ0n) is 19.2. The van der Waals surface area contributed by atoms with Gasteiger partial charge in [-0.1, -0.05) is 18.2 Å². The Balaban J connectivity index is 1.66. The van der Waals surface area contributed by atoms with Crippen LogP contribution in [0, 0.1) is 0 Å². The third-order valence-corrected chi connectivity index (χ3v) is 6.78. The molecule has 0 saturated heterocycles. The van der Waals surface area contributed by atoms with Crippen LogP contribution in [-0.4, -0.2) is 37.4 Å². The summed E-state index contributed by atoms with van der Waals surface area (Å²) in [6.07, 6.45) is 1.29. The number of allylic oxidation sites excluding steroid dienone is 1. The molecule has 4 N–H and O–H groups in total. The Kier molecular flexibility index (Phi) is 6.86. The van der Waals surface area contributed by atoms with Crippen LogP contribution in [0.25, 0.3) is 16.6 Å². The van der Waals surface area contributed by atoms with Crippen LogP contribution >= 0.6 is 0 Å². The van der Waals surface area contributed by atoms with Crippen molar-refractivity contribution in [3.05, 3.63) is 95.4 Å². The van der Waals surface area contributed by atoms with E-state index in [1.165, 1.54) is 36.7 Å². The molecule has 0 amide bonds. The lowest BCUT2D eigenvalue weighted by Gasteiger charge is -2.12. The van der Waals surface area contributed by atoms with Crippen LogP contribution in [0.4, 0.5) is 18.9 Å². The zero-order valence-corrected chi connectivity index (χ0v) is 20.1. The highest BCUT2D eigenvalue weighted by atomic mass is 32.2. The zero-order chi connectivity index (χ0) is 26.8. The molecule has 2 heterocycles. The molecular formula is C25H20F3N5O3S. The molecule has 0 atom stereocenters. The standard InChI is InChI=1S/C25H20F3N5O3S/c1-30-12-17(11-29)16-9-21-22(14-32-24(21)31-13-16)23(34)15-4-2-6-19(8-15)33-37(35,36)20-7-3-5-18(10-20)25(26,27)28/h2-14,33H,29H2,1H3,(H,31,32). The molecule has 2 aromatic heterocycles. The van der Waals surface area contributed by atoms with Crippen LogP contribution in [0.1, 0.15) is 27.0 Å². The van der Waals surface area contributed by atoms with Gasteiger partial charge in [-0.2, -0.15) is 13.2 Å². The van der Waals surface area contributed by atoms with Gasteiger partial charge in [0.15, 0.2) is 5.78 Å². The molecule has 0 aliphatic carbocycles. The highest BCUT2D eigenvalue weighted by Crippen LogP contribution is 2.31. The van der Waals surface area contributed by atoms with E-state index in [1.54, 1.807) is 25.5 Å². The van der Waals surface area contributed by atoms with Crippen molar-refractivity contribution in [2.45, 2.75) is 11.1 Å². The summed E-state index contributed by atoms with van der Waals surface area (Å²) < 4.78 is 66.8. The summed E-state index contributed by atoms with van der Waals surface area (Å²) >= 11 is 0. The Labute approximate surface area is 209 Å². The minimum atomic E-state index is -4.70. The summed E-state index contributed by atoms with van der Waals surface area (Å²) in [5, 5.41) is 0.515. The molecule has 0 aliphatic rings. The number of H-pyrrole nitrogens is 1. The van der Waals surface area contributed by atoms with E-state index in [0.717, 1.165) is 18.2 Å². The fourth-order valence-electron chi connectivity index (χ4n) is 3.64. The number of nitrogens with two attached hydrogens (primary N) is 1. The van der Waals surface area contributed by atoms with Crippen LogP contribution < -0.4 is 10.5 Å². The van der Waals surface area contributed by atoms with Crippen molar-refractivity contribution in [3.8, 4) is 0 Å². The number of halogens is 3. The number of aliphatic imine (C=N–C) groups is 1. The lowest BCUT2D eigenvalue weighted by atomic mass is 10.0. The summed E-state index contributed by atoms with van der Waals surface area (Å²) in [5.74, 6) is -0.423. The molecule has 4 rings (SSSR count). The summed E-state index contributed by atoms with van der Waals surface area (Å²) in [6.45, 7) is 0. The van der Waals surface area contributed by atoms with Gasteiger partial charge in [-0.3, -0.25) is 14.5 Å². The number of pyridine rings is 1. The molecule has 0 saturated carbocycles. The number of nitrogens with zero attached hydrogens (tertiary/aromatic N) is 2.